The van der Waals surface area contributed by atoms with E-state index in [0.29, 0.717) is 5.92 Å². The summed E-state index contributed by atoms with van der Waals surface area (Å²) >= 11 is 0. The molecule has 1 aliphatic rings. The van der Waals surface area contributed by atoms with Gasteiger partial charge >= 0.3 is 0 Å². The number of nitrogens with two attached hydrogens (primary N) is 1. The third-order valence-electron chi connectivity index (χ3n) is 3.75. The van der Waals surface area contributed by atoms with Crippen LogP contribution in [0.3, 0.4) is 0 Å². The van der Waals surface area contributed by atoms with Crippen molar-refractivity contribution in [1.82, 2.24) is 9.78 Å². The van der Waals surface area contributed by atoms with Crippen LogP contribution in [-0.2, 0) is 7.05 Å². The van der Waals surface area contributed by atoms with Gasteiger partial charge in [0.1, 0.15) is 0 Å². The van der Waals surface area contributed by atoms with Gasteiger partial charge in [-0.25, -0.2) is 0 Å². The molecule has 0 aliphatic heterocycles. The summed E-state index contributed by atoms with van der Waals surface area (Å²) in [7, 11) is 2.05. The molecule has 0 saturated heterocycles. The van der Waals surface area contributed by atoms with E-state index in [-0.39, 0.29) is 6.04 Å². The molecule has 1 saturated carbocycles. The van der Waals surface area contributed by atoms with Crippen LogP contribution >= 0.6 is 0 Å². The Hall–Kier alpha value is -0.830. The van der Waals surface area contributed by atoms with E-state index in [1.54, 1.807) is 0 Å². The number of aromatic nitrogens is 2. The number of aryl methyl sites for hydroxylation is 1. The summed E-state index contributed by atoms with van der Waals surface area (Å²) < 4.78 is 2.04. The predicted molar refractivity (Wildman–Crippen MR) is 66.3 cm³/mol. The Balaban J connectivity index is 2.26. The molecule has 1 aromatic rings. The van der Waals surface area contributed by atoms with E-state index in [2.05, 4.69) is 12.0 Å². The van der Waals surface area contributed by atoms with Gasteiger partial charge in [-0.05, 0) is 19.8 Å². The molecule has 90 valence electrons. The standard InChI is InChI=1S/C13H23N3/c1-10(14)12-9-15-16(2)13(12)11-7-5-3-4-6-8-11/h9-11H,3-8,14H2,1-2H3. The molecule has 1 atom stereocenters. The number of hydrogen-bond donors (Lipinski definition) is 1. The van der Waals surface area contributed by atoms with Crippen LogP contribution in [-0.4, -0.2) is 9.78 Å². The largest absolute Gasteiger partial charge is 0.324 e. The maximum Gasteiger partial charge on any atom is 0.0540 e. The molecule has 0 amide bonds. The van der Waals surface area contributed by atoms with E-state index in [9.17, 15) is 0 Å². The van der Waals surface area contributed by atoms with E-state index in [0.717, 1.165) is 0 Å². The molecular formula is C13H23N3. The van der Waals surface area contributed by atoms with Crippen molar-refractivity contribution in [3.63, 3.8) is 0 Å². The van der Waals surface area contributed by atoms with Crippen LogP contribution in [0.1, 0.15) is 68.7 Å². The minimum atomic E-state index is 0.104. The molecule has 1 heterocycles. The van der Waals surface area contributed by atoms with Crippen molar-refractivity contribution in [2.24, 2.45) is 12.8 Å². The Bertz CT molecular complexity index is 333. The normalized spacial score (nSPS) is 20.7. The predicted octanol–water partition coefficient (Wildman–Crippen LogP) is 2.88. The highest BCUT2D eigenvalue weighted by Crippen LogP contribution is 2.34. The van der Waals surface area contributed by atoms with Gasteiger partial charge in [-0.3, -0.25) is 4.68 Å². The smallest absolute Gasteiger partial charge is 0.0540 e. The Labute approximate surface area is 98.0 Å². The minimum Gasteiger partial charge on any atom is -0.324 e. The van der Waals surface area contributed by atoms with Gasteiger partial charge in [0, 0.05) is 30.3 Å². The summed E-state index contributed by atoms with van der Waals surface area (Å²) in [6.07, 6.45) is 10.1. The monoisotopic (exact) mass is 221 g/mol. The topological polar surface area (TPSA) is 43.8 Å². The first-order valence-corrected chi connectivity index (χ1v) is 6.47. The van der Waals surface area contributed by atoms with Crippen LogP contribution in [0.5, 0.6) is 0 Å². The van der Waals surface area contributed by atoms with Crippen molar-refractivity contribution >= 4 is 0 Å². The fourth-order valence-corrected chi connectivity index (χ4v) is 2.87. The highest BCUT2D eigenvalue weighted by Gasteiger charge is 2.22. The average molecular weight is 221 g/mol. The van der Waals surface area contributed by atoms with Crippen LogP contribution in [0.25, 0.3) is 0 Å². The lowest BCUT2D eigenvalue weighted by Gasteiger charge is -2.18. The van der Waals surface area contributed by atoms with Gasteiger partial charge < -0.3 is 5.73 Å². The Kier molecular flexibility index (Phi) is 3.64. The summed E-state index contributed by atoms with van der Waals surface area (Å²) in [4.78, 5) is 0. The van der Waals surface area contributed by atoms with Gasteiger partial charge in [-0.15, -0.1) is 0 Å². The summed E-state index contributed by atoms with van der Waals surface area (Å²) in [5, 5.41) is 4.38. The quantitative estimate of drug-likeness (QED) is 0.780. The van der Waals surface area contributed by atoms with Crippen molar-refractivity contribution in [3.8, 4) is 0 Å². The van der Waals surface area contributed by atoms with Crippen LogP contribution in [0, 0.1) is 0 Å². The van der Waals surface area contributed by atoms with E-state index in [1.165, 1.54) is 49.8 Å². The second-order valence-corrected chi connectivity index (χ2v) is 5.09. The van der Waals surface area contributed by atoms with E-state index in [4.69, 9.17) is 5.73 Å². The fourth-order valence-electron chi connectivity index (χ4n) is 2.87. The van der Waals surface area contributed by atoms with Crippen LogP contribution < -0.4 is 5.73 Å². The summed E-state index contributed by atoms with van der Waals surface area (Å²) in [5.41, 5.74) is 8.65. The zero-order chi connectivity index (χ0) is 11.5. The lowest BCUT2D eigenvalue weighted by molar-refractivity contribution is 0.533. The zero-order valence-electron chi connectivity index (χ0n) is 10.4. The first-order valence-electron chi connectivity index (χ1n) is 6.47. The molecule has 0 radical (unpaired) electrons. The van der Waals surface area contributed by atoms with Crippen molar-refractivity contribution in [2.75, 3.05) is 0 Å². The molecule has 3 heteroatoms. The molecule has 0 bridgehead atoms. The molecular weight excluding hydrogens is 198 g/mol. The highest BCUT2D eigenvalue weighted by molar-refractivity contribution is 5.24. The van der Waals surface area contributed by atoms with E-state index >= 15 is 0 Å². The lowest BCUT2D eigenvalue weighted by Crippen LogP contribution is -2.12. The second-order valence-electron chi connectivity index (χ2n) is 5.09. The summed E-state index contributed by atoms with van der Waals surface area (Å²) in [6, 6.07) is 0.104. The van der Waals surface area contributed by atoms with Gasteiger partial charge in [0.25, 0.3) is 0 Å². The van der Waals surface area contributed by atoms with Crippen molar-refractivity contribution in [3.05, 3.63) is 17.5 Å². The average Bonchev–Trinajstić information content (AvgIpc) is 2.50. The van der Waals surface area contributed by atoms with Crippen LogP contribution in [0.4, 0.5) is 0 Å². The molecule has 1 fully saturated rings. The molecule has 2 rings (SSSR count). The third-order valence-corrected chi connectivity index (χ3v) is 3.75. The van der Waals surface area contributed by atoms with Crippen LogP contribution in [0.2, 0.25) is 0 Å². The molecule has 1 unspecified atom stereocenters. The lowest BCUT2D eigenvalue weighted by atomic mass is 9.92. The first-order chi connectivity index (χ1) is 7.70. The molecule has 0 aromatic carbocycles. The summed E-state index contributed by atoms with van der Waals surface area (Å²) in [6.45, 7) is 2.05. The first kappa shape index (κ1) is 11.6. The number of nitrogens with zero attached hydrogens (tertiary/aromatic N) is 2. The van der Waals surface area contributed by atoms with E-state index in [1.807, 2.05) is 17.9 Å². The van der Waals surface area contributed by atoms with E-state index < -0.39 is 0 Å². The molecule has 1 aromatic heterocycles. The number of rotatable bonds is 2. The van der Waals surface area contributed by atoms with Crippen molar-refractivity contribution in [2.45, 2.75) is 57.4 Å². The molecule has 2 N–H and O–H groups in total. The van der Waals surface area contributed by atoms with Gasteiger partial charge in [0.15, 0.2) is 0 Å². The van der Waals surface area contributed by atoms with Gasteiger partial charge in [-0.2, -0.15) is 5.10 Å². The highest BCUT2D eigenvalue weighted by atomic mass is 15.3. The van der Waals surface area contributed by atoms with Crippen LogP contribution in [0.15, 0.2) is 6.20 Å². The number of hydrogen-bond acceptors (Lipinski definition) is 2. The Morgan fingerprint density at radius 3 is 2.50 bits per heavy atom. The van der Waals surface area contributed by atoms with Gasteiger partial charge in [-0.1, -0.05) is 25.7 Å². The van der Waals surface area contributed by atoms with Crippen molar-refractivity contribution < 1.29 is 0 Å². The van der Waals surface area contributed by atoms with Gasteiger partial charge in [0.2, 0.25) is 0 Å². The minimum absolute atomic E-state index is 0.104. The second kappa shape index (κ2) is 5.00. The molecule has 3 nitrogen and oxygen atoms in total. The Morgan fingerprint density at radius 1 is 1.31 bits per heavy atom. The summed E-state index contributed by atoms with van der Waals surface area (Å²) in [5.74, 6) is 0.677. The SMILES string of the molecule is CC(N)c1cnn(C)c1C1CCCCCC1. The molecule has 1 aliphatic carbocycles. The van der Waals surface area contributed by atoms with Gasteiger partial charge in [0.05, 0.1) is 6.20 Å². The van der Waals surface area contributed by atoms with Crippen molar-refractivity contribution in [1.29, 1.82) is 0 Å². The fraction of sp³-hybridized carbons (Fsp3) is 0.769. The third kappa shape index (κ3) is 2.29. The molecule has 16 heavy (non-hydrogen) atoms. The zero-order valence-corrected chi connectivity index (χ0v) is 10.4. The maximum absolute atomic E-state index is 6.02. The Morgan fingerprint density at radius 2 is 1.94 bits per heavy atom. The molecule has 0 spiro atoms. The maximum atomic E-state index is 6.02.